The quantitative estimate of drug-likeness (QED) is 0.852. The van der Waals surface area contributed by atoms with Gasteiger partial charge in [0.25, 0.3) is 0 Å². The second kappa shape index (κ2) is 3.91. The zero-order valence-electron chi connectivity index (χ0n) is 10.4. The molecule has 0 saturated heterocycles. The van der Waals surface area contributed by atoms with Gasteiger partial charge in [0.2, 0.25) is 0 Å². The van der Waals surface area contributed by atoms with E-state index in [2.05, 4.69) is 18.0 Å². The summed E-state index contributed by atoms with van der Waals surface area (Å²) in [6, 6.07) is 6.03. The van der Waals surface area contributed by atoms with Crippen LogP contribution in [0.4, 0.5) is 0 Å². The van der Waals surface area contributed by atoms with Crippen molar-refractivity contribution in [2.45, 2.75) is 32.6 Å². The molecule has 0 unspecified atom stereocenters. The van der Waals surface area contributed by atoms with E-state index < -0.39 is 11.4 Å². The van der Waals surface area contributed by atoms with Crippen LogP contribution in [0.25, 0.3) is 10.9 Å². The van der Waals surface area contributed by atoms with E-state index in [1.807, 2.05) is 18.3 Å². The number of carbonyl (C=O) groups is 1. The maximum Gasteiger partial charge on any atom is 0.313 e. The molecule has 90 valence electrons. The lowest BCUT2D eigenvalue weighted by Gasteiger charge is -2.19. The number of aromatic nitrogens is 1. The molecule has 0 aliphatic carbocycles. The van der Waals surface area contributed by atoms with Crippen molar-refractivity contribution in [3.05, 3.63) is 35.5 Å². The number of carboxylic acids is 1. The van der Waals surface area contributed by atoms with E-state index in [0.717, 1.165) is 22.9 Å². The maximum absolute atomic E-state index is 11.3. The fraction of sp³-hybridized carbons (Fsp3) is 0.357. The van der Waals surface area contributed by atoms with Crippen LogP contribution in [0.2, 0.25) is 0 Å². The summed E-state index contributed by atoms with van der Waals surface area (Å²) in [7, 11) is 0. The summed E-state index contributed by atoms with van der Waals surface area (Å²) >= 11 is 0. The molecule has 3 nitrogen and oxygen atoms in total. The number of H-pyrrole nitrogens is 1. The summed E-state index contributed by atoms with van der Waals surface area (Å²) < 4.78 is 0. The fourth-order valence-electron chi connectivity index (χ4n) is 2.16. The van der Waals surface area contributed by atoms with Gasteiger partial charge in [0.1, 0.15) is 0 Å². The third-order valence-corrected chi connectivity index (χ3v) is 3.38. The molecular formula is C14H17NO2. The lowest BCUT2D eigenvalue weighted by atomic mass is 9.83. The number of nitrogens with one attached hydrogen (secondary N) is 1. The van der Waals surface area contributed by atoms with Gasteiger partial charge in [0.15, 0.2) is 0 Å². The first kappa shape index (κ1) is 11.7. The Bertz CT molecular complexity index is 567. The van der Waals surface area contributed by atoms with Crippen LogP contribution in [0.5, 0.6) is 0 Å². The molecule has 0 aliphatic rings. The van der Waals surface area contributed by atoms with Crippen molar-refractivity contribution in [3.8, 4) is 0 Å². The molecule has 0 spiro atoms. The highest BCUT2D eigenvalue weighted by Gasteiger charge is 2.32. The minimum atomic E-state index is -0.872. The van der Waals surface area contributed by atoms with E-state index in [4.69, 9.17) is 0 Å². The van der Waals surface area contributed by atoms with Crippen LogP contribution >= 0.6 is 0 Å². The molecule has 2 rings (SSSR count). The molecule has 3 heteroatoms. The van der Waals surface area contributed by atoms with Crippen molar-refractivity contribution in [2.75, 3.05) is 0 Å². The van der Waals surface area contributed by atoms with Gasteiger partial charge in [0, 0.05) is 17.1 Å². The highest BCUT2D eigenvalue weighted by Crippen LogP contribution is 2.33. The minimum absolute atomic E-state index is 0.802. The number of aryl methyl sites for hydroxylation is 1. The summed E-state index contributed by atoms with van der Waals surface area (Å²) in [5, 5.41) is 10.4. The SMILES string of the molecule is CCc1cccc2[nH]cc(C(C)(C)C(=O)O)c12. The molecule has 0 aliphatic heterocycles. The number of carboxylic acid groups (broad SMARTS) is 1. The van der Waals surface area contributed by atoms with E-state index in [1.54, 1.807) is 13.8 Å². The zero-order valence-corrected chi connectivity index (χ0v) is 10.4. The second-order valence-corrected chi connectivity index (χ2v) is 4.83. The monoisotopic (exact) mass is 231 g/mol. The third kappa shape index (κ3) is 1.71. The Labute approximate surface area is 100 Å². The smallest absolute Gasteiger partial charge is 0.313 e. The van der Waals surface area contributed by atoms with E-state index >= 15 is 0 Å². The third-order valence-electron chi connectivity index (χ3n) is 3.38. The van der Waals surface area contributed by atoms with Crippen LogP contribution in [0.15, 0.2) is 24.4 Å². The first-order valence-corrected chi connectivity index (χ1v) is 5.81. The summed E-state index contributed by atoms with van der Waals surface area (Å²) in [6.07, 6.45) is 2.72. The average Bonchev–Trinajstić information content (AvgIpc) is 2.72. The summed E-state index contributed by atoms with van der Waals surface area (Å²) in [5.41, 5.74) is 2.18. The summed E-state index contributed by atoms with van der Waals surface area (Å²) in [5.74, 6) is -0.802. The number of hydrogen-bond acceptors (Lipinski definition) is 1. The van der Waals surface area contributed by atoms with Crippen molar-refractivity contribution in [1.82, 2.24) is 4.98 Å². The molecule has 2 aromatic rings. The van der Waals surface area contributed by atoms with Crippen LogP contribution in [-0.2, 0) is 16.6 Å². The van der Waals surface area contributed by atoms with Crippen LogP contribution in [0.1, 0.15) is 31.9 Å². The predicted molar refractivity (Wildman–Crippen MR) is 68.3 cm³/mol. The van der Waals surface area contributed by atoms with Crippen LogP contribution < -0.4 is 0 Å². The lowest BCUT2D eigenvalue weighted by Crippen LogP contribution is -2.28. The van der Waals surface area contributed by atoms with Gasteiger partial charge in [-0.3, -0.25) is 4.79 Å². The lowest BCUT2D eigenvalue weighted by molar-refractivity contribution is -0.142. The van der Waals surface area contributed by atoms with Crippen LogP contribution in [-0.4, -0.2) is 16.1 Å². The van der Waals surface area contributed by atoms with Gasteiger partial charge in [0.05, 0.1) is 5.41 Å². The van der Waals surface area contributed by atoms with E-state index in [1.165, 1.54) is 5.56 Å². The molecule has 2 N–H and O–H groups in total. The van der Waals surface area contributed by atoms with Crippen molar-refractivity contribution in [2.24, 2.45) is 0 Å². The fourth-order valence-corrected chi connectivity index (χ4v) is 2.16. The molecule has 17 heavy (non-hydrogen) atoms. The van der Waals surface area contributed by atoms with Gasteiger partial charge in [-0.25, -0.2) is 0 Å². The van der Waals surface area contributed by atoms with Crippen LogP contribution in [0, 0.1) is 0 Å². The maximum atomic E-state index is 11.3. The zero-order chi connectivity index (χ0) is 12.6. The highest BCUT2D eigenvalue weighted by molar-refractivity contribution is 5.93. The Morgan fingerprint density at radius 3 is 2.71 bits per heavy atom. The van der Waals surface area contributed by atoms with Gasteiger partial charge in [-0.2, -0.15) is 0 Å². The molecule has 1 aromatic carbocycles. The topological polar surface area (TPSA) is 53.1 Å². The summed E-state index contributed by atoms with van der Waals surface area (Å²) in [4.78, 5) is 14.5. The highest BCUT2D eigenvalue weighted by atomic mass is 16.4. The van der Waals surface area contributed by atoms with E-state index in [9.17, 15) is 9.90 Å². The molecule has 0 fully saturated rings. The Morgan fingerprint density at radius 2 is 2.12 bits per heavy atom. The average molecular weight is 231 g/mol. The molecular weight excluding hydrogens is 214 g/mol. The number of aromatic amines is 1. The molecule has 0 saturated carbocycles. The van der Waals surface area contributed by atoms with Gasteiger partial charge in [-0.15, -0.1) is 0 Å². The van der Waals surface area contributed by atoms with Gasteiger partial charge < -0.3 is 10.1 Å². The molecule has 0 amide bonds. The van der Waals surface area contributed by atoms with Crippen molar-refractivity contribution in [3.63, 3.8) is 0 Å². The molecule has 1 heterocycles. The summed E-state index contributed by atoms with van der Waals surface area (Å²) in [6.45, 7) is 5.56. The van der Waals surface area contributed by atoms with Crippen molar-refractivity contribution in [1.29, 1.82) is 0 Å². The Hall–Kier alpha value is -1.77. The van der Waals surface area contributed by atoms with Gasteiger partial charge in [-0.05, 0) is 37.5 Å². The Balaban J connectivity index is 2.75. The molecule has 0 radical (unpaired) electrons. The number of hydrogen-bond donors (Lipinski definition) is 2. The van der Waals surface area contributed by atoms with Crippen molar-refractivity contribution < 1.29 is 9.90 Å². The molecule has 0 bridgehead atoms. The number of benzene rings is 1. The Kier molecular flexibility index (Phi) is 2.69. The van der Waals surface area contributed by atoms with Crippen molar-refractivity contribution >= 4 is 16.9 Å². The number of aliphatic carboxylic acids is 1. The van der Waals surface area contributed by atoms with Gasteiger partial charge in [-0.1, -0.05) is 19.1 Å². The molecule has 1 aromatic heterocycles. The van der Waals surface area contributed by atoms with E-state index in [0.29, 0.717) is 0 Å². The minimum Gasteiger partial charge on any atom is -0.481 e. The first-order chi connectivity index (χ1) is 7.98. The standard InChI is InChI=1S/C14H17NO2/c1-4-9-6-5-7-11-12(9)10(8-15-11)14(2,3)13(16)17/h5-8,15H,4H2,1-3H3,(H,16,17). The Morgan fingerprint density at radius 1 is 1.41 bits per heavy atom. The van der Waals surface area contributed by atoms with Gasteiger partial charge >= 0.3 is 5.97 Å². The number of rotatable bonds is 3. The van der Waals surface area contributed by atoms with E-state index in [-0.39, 0.29) is 0 Å². The first-order valence-electron chi connectivity index (χ1n) is 5.81. The molecule has 0 atom stereocenters. The predicted octanol–water partition coefficient (Wildman–Crippen LogP) is 3.09. The number of fused-ring (bicyclic) bond motifs is 1. The normalized spacial score (nSPS) is 11.9. The second-order valence-electron chi connectivity index (χ2n) is 4.83. The van der Waals surface area contributed by atoms with Crippen LogP contribution in [0.3, 0.4) is 0 Å². The largest absolute Gasteiger partial charge is 0.481 e.